The van der Waals surface area contributed by atoms with E-state index in [2.05, 4.69) is 14.7 Å². The summed E-state index contributed by atoms with van der Waals surface area (Å²) >= 11 is 1.30. The topological polar surface area (TPSA) is 90.6 Å². The Morgan fingerprint density at radius 1 is 1.25 bits per heavy atom. The van der Waals surface area contributed by atoms with Gasteiger partial charge in [-0.1, -0.05) is 9.64 Å². The first-order valence-electron chi connectivity index (χ1n) is 9.14. The maximum absolute atomic E-state index is 13.0. The molecule has 1 aromatic carbocycles. The summed E-state index contributed by atoms with van der Waals surface area (Å²) in [7, 11) is 0. The molecule has 1 atom stereocenters. The summed E-state index contributed by atoms with van der Waals surface area (Å²) in [5.74, 6) is 2.08. The van der Waals surface area contributed by atoms with Crippen molar-refractivity contribution in [3.8, 4) is 22.1 Å². The maximum atomic E-state index is 13.0. The number of aryl methyl sites for hydroxylation is 1. The Balaban J connectivity index is 1.37. The molecule has 2 aromatic heterocycles. The zero-order valence-corrected chi connectivity index (χ0v) is 16.1. The van der Waals surface area contributed by atoms with E-state index < -0.39 is 0 Å². The third kappa shape index (κ3) is 3.01. The molecule has 5 rings (SSSR count). The smallest absolute Gasteiger partial charge is 0.254 e. The van der Waals surface area contributed by atoms with Crippen LogP contribution in [-0.2, 0) is 0 Å². The van der Waals surface area contributed by atoms with Crippen molar-refractivity contribution in [2.24, 2.45) is 0 Å². The van der Waals surface area contributed by atoms with Crippen LogP contribution in [0.4, 0.5) is 0 Å². The lowest BCUT2D eigenvalue weighted by atomic mass is 9.93. The highest BCUT2D eigenvalue weighted by molar-refractivity contribution is 7.09. The Morgan fingerprint density at radius 3 is 3.00 bits per heavy atom. The molecule has 3 aromatic rings. The van der Waals surface area contributed by atoms with Crippen LogP contribution in [0.1, 0.15) is 40.5 Å². The zero-order chi connectivity index (χ0) is 19.1. The van der Waals surface area contributed by atoms with Crippen LogP contribution in [0.5, 0.6) is 11.5 Å². The predicted octanol–water partition coefficient (Wildman–Crippen LogP) is 3.25. The van der Waals surface area contributed by atoms with E-state index in [1.807, 2.05) is 17.9 Å². The van der Waals surface area contributed by atoms with Crippen LogP contribution in [-0.4, -0.2) is 45.4 Å². The van der Waals surface area contributed by atoms with E-state index in [1.165, 1.54) is 11.5 Å². The third-order valence-electron chi connectivity index (χ3n) is 5.08. The second kappa shape index (κ2) is 6.90. The monoisotopic (exact) mass is 398 g/mol. The summed E-state index contributed by atoms with van der Waals surface area (Å²) in [6, 6.07) is 7.21. The van der Waals surface area contributed by atoms with Gasteiger partial charge >= 0.3 is 0 Å². The molecule has 8 nitrogen and oxygen atoms in total. The minimum absolute atomic E-state index is 0.0109. The number of hydrogen-bond acceptors (Lipinski definition) is 8. The van der Waals surface area contributed by atoms with Crippen molar-refractivity contribution < 1.29 is 18.8 Å². The van der Waals surface area contributed by atoms with Gasteiger partial charge < -0.3 is 18.9 Å². The van der Waals surface area contributed by atoms with E-state index in [9.17, 15) is 4.79 Å². The molecular weight excluding hydrogens is 380 g/mol. The largest absolute Gasteiger partial charge is 0.454 e. The summed E-state index contributed by atoms with van der Waals surface area (Å²) in [6.07, 6.45) is 1.86. The normalized spacial score (nSPS) is 18.5. The molecule has 9 heteroatoms. The van der Waals surface area contributed by atoms with E-state index in [-0.39, 0.29) is 18.6 Å². The molecule has 0 radical (unpaired) electrons. The number of rotatable bonds is 3. The van der Waals surface area contributed by atoms with Crippen LogP contribution in [0.25, 0.3) is 10.6 Å². The molecule has 2 aliphatic heterocycles. The molecule has 28 heavy (non-hydrogen) atoms. The van der Waals surface area contributed by atoms with Gasteiger partial charge in [0, 0.05) is 30.6 Å². The summed E-state index contributed by atoms with van der Waals surface area (Å²) in [5, 5.41) is 8.31. The molecular formula is C19H18N4O4S. The molecule has 4 heterocycles. The summed E-state index contributed by atoms with van der Waals surface area (Å²) in [6.45, 7) is 3.39. The molecule has 0 spiro atoms. The number of benzene rings is 1. The van der Waals surface area contributed by atoms with Crippen molar-refractivity contribution in [1.29, 1.82) is 0 Å². The van der Waals surface area contributed by atoms with Gasteiger partial charge in [0.1, 0.15) is 4.88 Å². The Labute approximate surface area is 165 Å². The van der Waals surface area contributed by atoms with Gasteiger partial charge in [0.05, 0.1) is 11.4 Å². The van der Waals surface area contributed by atoms with Crippen LogP contribution < -0.4 is 9.47 Å². The Morgan fingerprint density at radius 2 is 2.14 bits per heavy atom. The van der Waals surface area contributed by atoms with Crippen LogP contribution in [0.3, 0.4) is 0 Å². The quantitative estimate of drug-likeness (QED) is 0.669. The fourth-order valence-electron chi connectivity index (χ4n) is 3.70. The molecule has 0 aliphatic carbocycles. The molecule has 0 saturated carbocycles. The lowest BCUT2D eigenvalue weighted by Gasteiger charge is -2.32. The van der Waals surface area contributed by atoms with E-state index in [0.29, 0.717) is 29.4 Å². The van der Waals surface area contributed by atoms with E-state index in [0.717, 1.165) is 35.7 Å². The molecule has 1 amide bonds. The van der Waals surface area contributed by atoms with Crippen molar-refractivity contribution in [1.82, 2.24) is 19.6 Å². The number of ether oxygens (including phenoxy) is 2. The maximum Gasteiger partial charge on any atom is 0.254 e. The van der Waals surface area contributed by atoms with Gasteiger partial charge in [-0.15, -0.1) is 5.10 Å². The van der Waals surface area contributed by atoms with Gasteiger partial charge in [-0.05, 0) is 49.5 Å². The van der Waals surface area contributed by atoms with Crippen molar-refractivity contribution in [3.05, 3.63) is 41.2 Å². The van der Waals surface area contributed by atoms with E-state index in [4.69, 9.17) is 14.0 Å². The average molecular weight is 398 g/mol. The molecule has 1 unspecified atom stereocenters. The van der Waals surface area contributed by atoms with Gasteiger partial charge in [-0.2, -0.15) is 0 Å². The fourth-order valence-corrected chi connectivity index (χ4v) is 4.40. The number of fused-ring (bicyclic) bond motifs is 1. The summed E-state index contributed by atoms with van der Waals surface area (Å²) < 4.78 is 20.2. The Hall–Kier alpha value is -2.94. The number of amides is 1. The molecule has 1 fully saturated rings. The van der Waals surface area contributed by atoms with Crippen molar-refractivity contribution in [2.75, 3.05) is 19.9 Å². The number of likely N-dealkylation sites (tertiary alicyclic amines) is 1. The first-order chi connectivity index (χ1) is 13.7. The lowest BCUT2D eigenvalue weighted by Crippen LogP contribution is -2.39. The highest BCUT2D eigenvalue weighted by atomic mass is 32.1. The molecule has 2 aliphatic rings. The first kappa shape index (κ1) is 17.2. The standard InChI is InChI=1S/C19H18N4O4S/c1-11-7-16(27-21-11)18-17(20-22-28-18)13-3-2-6-23(9-13)19(24)12-4-5-14-15(8-12)26-10-25-14/h4-5,7-8,13H,2-3,6,9-10H2,1H3. The number of hydrogen-bond donors (Lipinski definition) is 0. The first-order valence-corrected chi connectivity index (χ1v) is 9.91. The van der Waals surface area contributed by atoms with Crippen LogP contribution >= 0.6 is 11.5 Å². The van der Waals surface area contributed by atoms with Crippen LogP contribution in [0, 0.1) is 6.92 Å². The molecule has 144 valence electrons. The zero-order valence-electron chi connectivity index (χ0n) is 15.3. The van der Waals surface area contributed by atoms with Crippen molar-refractivity contribution in [3.63, 3.8) is 0 Å². The Bertz CT molecular complexity index is 1030. The van der Waals surface area contributed by atoms with Gasteiger partial charge in [0.25, 0.3) is 5.91 Å². The number of piperidine rings is 1. The minimum atomic E-state index is -0.0109. The molecule has 1 saturated heterocycles. The summed E-state index contributed by atoms with van der Waals surface area (Å²) in [4.78, 5) is 15.8. The third-order valence-corrected chi connectivity index (χ3v) is 5.84. The molecule has 0 N–H and O–H groups in total. The van der Waals surface area contributed by atoms with Crippen molar-refractivity contribution >= 4 is 17.4 Å². The second-order valence-electron chi connectivity index (χ2n) is 6.98. The van der Waals surface area contributed by atoms with Gasteiger partial charge in [0.15, 0.2) is 17.3 Å². The highest BCUT2D eigenvalue weighted by Crippen LogP contribution is 2.37. The Kier molecular flexibility index (Phi) is 4.23. The molecule has 0 bridgehead atoms. The minimum Gasteiger partial charge on any atom is -0.454 e. The number of carbonyl (C=O) groups excluding carboxylic acids is 1. The van der Waals surface area contributed by atoms with Crippen LogP contribution in [0.15, 0.2) is 28.8 Å². The van der Waals surface area contributed by atoms with E-state index >= 15 is 0 Å². The fraction of sp³-hybridized carbons (Fsp3) is 0.368. The van der Waals surface area contributed by atoms with Crippen LogP contribution in [0.2, 0.25) is 0 Å². The van der Waals surface area contributed by atoms with Crippen molar-refractivity contribution in [2.45, 2.75) is 25.7 Å². The summed E-state index contributed by atoms with van der Waals surface area (Å²) in [5.41, 5.74) is 2.30. The number of aromatic nitrogens is 3. The SMILES string of the molecule is Cc1cc(-c2snnc2C2CCCN(C(=O)c3ccc4c(c3)OCO4)C2)on1. The highest BCUT2D eigenvalue weighted by Gasteiger charge is 2.30. The average Bonchev–Trinajstić information content (AvgIpc) is 3.46. The number of nitrogens with zero attached hydrogens (tertiary/aromatic N) is 4. The van der Waals surface area contributed by atoms with Gasteiger partial charge in [-0.3, -0.25) is 4.79 Å². The van der Waals surface area contributed by atoms with Gasteiger partial charge in [-0.25, -0.2) is 0 Å². The second-order valence-corrected chi connectivity index (χ2v) is 7.73. The predicted molar refractivity (Wildman–Crippen MR) is 101 cm³/mol. The lowest BCUT2D eigenvalue weighted by molar-refractivity contribution is 0.0705. The number of carbonyl (C=O) groups is 1. The van der Waals surface area contributed by atoms with E-state index in [1.54, 1.807) is 18.2 Å². The van der Waals surface area contributed by atoms with Gasteiger partial charge in [0.2, 0.25) is 6.79 Å².